The van der Waals surface area contributed by atoms with Gasteiger partial charge in [-0.15, -0.1) is 0 Å². The van der Waals surface area contributed by atoms with Crippen LogP contribution in [0.5, 0.6) is 0 Å². The number of anilines is 2. The van der Waals surface area contributed by atoms with Gasteiger partial charge in [0.1, 0.15) is 0 Å². The number of benzene rings is 3. The average Bonchev–Trinajstić information content (AvgIpc) is 2.93. The van der Waals surface area contributed by atoms with Crippen LogP contribution in [0, 0.1) is 20.8 Å². The molecule has 1 atom stereocenters. The highest BCUT2D eigenvalue weighted by molar-refractivity contribution is 5.94. The fourth-order valence-corrected chi connectivity index (χ4v) is 5.18. The van der Waals surface area contributed by atoms with Crippen LogP contribution in [0.25, 0.3) is 0 Å². The van der Waals surface area contributed by atoms with E-state index in [9.17, 15) is 9.59 Å². The second-order valence-corrected chi connectivity index (χ2v) is 10.0. The van der Waals surface area contributed by atoms with Gasteiger partial charge in [0.25, 0.3) is 5.91 Å². The molecule has 0 spiro atoms. The number of amides is 1. The van der Waals surface area contributed by atoms with E-state index in [1.807, 2.05) is 69.0 Å². The minimum absolute atomic E-state index is 0.0221. The Bertz CT molecular complexity index is 1370. The van der Waals surface area contributed by atoms with Crippen molar-refractivity contribution in [3.05, 3.63) is 93.0 Å². The number of nitrogens with zero attached hydrogens (tertiary/aromatic N) is 2. The van der Waals surface area contributed by atoms with Gasteiger partial charge in [-0.3, -0.25) is 9.59 Å². The van der Waals surface area contributed by atoms with Crippen LogP contribution in [0.3, 0.4) is 0 Å². The molecule has 8 heteroatoms. The van der Waals surface area contributed by atoms with Crippen LogP contribution in [0.1, 0.15) is 68.6 Å². The van der Waals surface area contributed by atoms with E-state index in [4.69, 9.17) is 17.5 Å². The predicted octanol–water partition coefficient (Wildman–Crippen LogP) is 4.03. The third-order valence-electron chi connectivity index (χ3n) is 7.75. The van der Waals surface area contributed by atoms with Crippen molar-refractivity contribution in [2.45, 2.75) is 53.0 Å². The molecule has 1 unspecified atom stereocenters. The summed E-state index contributed by atoms with van der Waals surface area (Å²) in [5, 5.41) is 1.59. The third-order valence-corrected chi connectivity index (χ3v) is 7.75. The molecule has 1 heterocycles. The van der Waals surface area contributed by atoms with Crippen molar-refractivity contribution in [3.8, 4) is 0 Å². The van der Waals surface area contributed by atoms with Gasteiger partial charge in [-0.05, 0) is 91.3 Å². The molecule has 0 fully saturated rings. The number of carbonyl (C=O) groups is 2. The van der Waals surface area contributed by atoms with Crippen LogP contribution in [0.15, 0.2) is 48.5 Å². The van der Waals surface area contributed by atoms with Crippen LogP contribution in [-0.2, 0) is 22.6 Å². The molecular formula is C30H37N5O3. The predicted molar refractivity (Wildman–Crippen MR) is 150 cm³/mol. The van der Waals surface area contributed by atoms with Crippen molar-refractivity contribution >= 4 is 23.3 Å². The van der Waals surface area contributed by atoms with E-state index >= 15 is 0 Å². The summed E-state index contributed by atoms with van der Waals surface area (Å²) in [4.78, 5) is 32.1. The first kappa shape index (κ1) is 27.2. The number of carbonyl (C=O) groups excluding carboxylic acids is 2. The Morgan fingerprint density at radius 2 is 1.79 bits per heavy atom. The Morgan fingerprint density at radius 3 is 2.47 bits per heavy atom. The highest BCUT2D eigenvalue weighted by Crippen LogP contribution is 2.37. The van der Waals surface area contributed by atoms with Crippen LogP contribution >= 0.6 is 0 Å². The van der Waals surface area contributed by atoms with E-state index in [2.05, 4.69) is 17.0 Å². The number of rotatable bonds is 7. The Balaban J connectivity index is 1.68. The van der Waals surface area contributed by atoms with Gasteiger partial charge in [-0.1, -0.05) is 30.3 Å². The summed E-state index contributed by atoms with van der Waals surface area (Å²) >= 11 is 0. The zero-order valence-electron chi connectivity index (χ0n) is 22.6. The molecule has 200 valence electrons. The molecule has 1 aliphatic rings. The van der Waals surface area contributed by atoms with E-state index in [-0.39, 0.29) is 18.2 Å². The highest BCUT2D eigenvalue weighted by Gasteiger charge is 2.27. The molecule has 0 bridgehead atoms. The molecule has 0 radical (unpaired) electrons. The normalized spacial score (nSPS) is 13.6. The third kappa shape index (κ3) is 5.37. The standard InChI is InChI=1S/C30H37N5O3/c1-5-35(32)27-11-10-25(20(4)29(27)31)26(16-28(36)38-33)22-9-8-21-12-13-34(17-24(21)15-22)30(37)23-7-6-18(2)19(3)14-23/h6-11,14-15,26H,5,12-13,16-17,31-33H2,1-4H3. The lowest BCUT2D eigenvalue weighted by Gasteiger charge is -2.30. The minimum atomic E-state index is -0.518. The fourth-order valence-electron chi connectivity index (χ4n) is 5.18. The SMILES string of the molecule is CCN(N)c1ccc(C(CC(=O)ON)c2ccc3c(c2)CN(C(=O)c2ccc(C)c(C)c2)CC3)c(C)c1N. The smallest absolute Gasteiger partial charge is 0.325 e. The zero-order valence-corrected chi connectivity index (χ0v) is 22.6. The summed E-state index contributed by atoms with van der Waals surface area (Å²) in [6.07, 6.45) is 0.825. The number of hydrogen-bond acceptors (Lipinski definition) is 7. The molecule has 8 nitrogen and oxygen atoms in total. The maximum Gasteiger partial charge on any atom is 0.325 e. The monoisotopic (exact) mass is 515 g/mol. The van der Waals surface area contributed by atoms with E-state index in [0.29, 0.717) is 30.9 Å². The van der Waals surface area contributed by atoms with Crippen molar-refractivity contribution in [2.75, 3.05) is 23.8 Å². The van der Waals surface area contributed by atoms with Crippen LogP contribution in [0.4, 0.5) is 11.4 Å². The Hall–Kier alpha value is -3.88. The molecule has 3 aromatic carbocycles. The number of nitrogens with two attached hydrogens (primary N) is 3. The van der Waals surface area contributed by atoms with E-state index < -0.39 is 5.97 Å². The maximum absolute atomic E-state index is 13.3. The molecule has 6 N–H and O–H groups in total. The summed E-state index contributed by atoms with van der Waals surface area (Å²) < 4.78 is 0. The first-order valence-corrected chi connectivity index (χ1v) is 12.9. The molecule has 0 saturated carbocycles. The van der Waals surface area contributed by atoms with Crippen molar-refractivity contribution in [1.29, 1.82) is 0 Å². The van der Waals surface area contributed by atoms with Gasteiger partial charge in [-0.2, -0.15) is 5.90 Å². The highest BCUT2D eigenvalue weighted by atomic mass is 16.7. The Labute approximate surface area is 224 Å². The molecule has 3 aromatic rings. The van der Waals surface area contributed by atoms with Crippen LogP contribution in [-0.4, -0.2) is 29.9 Å². The zero-order chi connectivity index (χ0) is 27.6. The van der Waals surface area contributed by atoms with Crippen molar-refractivity contribution in [3.63, 3.8) is 0 Å². The summed E-state index contributed by atoms with van der Waals surface area (Å²) in [6.45, 7) is 9.70. The minimum Gasteiger partial charge on any atom is -0.397 e. The summed E-state index contributed by atoms with van der Waals surface area (Å²) in [7, 11) is 0. The van der Waals surface area contributed by atoms with Gasteiger partial charge in [0, 0.05) is 31.1 Å². The Kier molecular flexibility index (Phi) is 8.04. The van der Waals surface area contributed by atoms with Gasteiger partial charge in [0.15, 0.2) is 0 Å². The molecular weight excluding hydrogens is 478 g/mol. The Morgan fingerprint density at radius 1 is 1.03 bits per heavy atom. The quantitative estimate of drug-likeness (QED) is 0.246. The van der Waals surface area contributed by atoms with Gasteiger partial charge >= 0.3 is 5.97 Å². The van der Waals surface area contributed by atoms with Crippen molar-refractivity contribution < 1.29 is 14.4 Å². The van der Waals surface area contributed by atoms with Gasteiger partial charge in [0.05, 0.1) is 17.8 Å². The van der Waals surface area contributed by atoms with Crippen molar-refractivity contribution in [2.24, 2.45) is 11.7 Å². The average molecular weight is 516 g/mol. The van der Waals surface area contributed by atoms with Crippen molar-refractivity contribution in [1.82, 2.24) is 4.90 Å². The van der Waals surface area contributed by atoms with Gasteiger partial charge in [-0.25, -0.2) is 5.84 Å². The van der Waals surface area contributed by atoms with E-state index in [1.54, 1.807) is 5.01 Å². The second-order valence-electron chi connectivity index (χ2n) is 10.0. The van der Waals surface area contributed by atoms with E-state index in [0.717, 1.165) is 45.5 Å². The second kappa shape index (κ2) is 11.2. The lowest BCUT2D eigenvalue weighted by Crippen LogP contribution is -2.36. The number of nitrogen functional groups attached to an aromatic ring is 1. The molecule has 1 amide bonds. The number of hydrogen-bond donors (Lipinski definition) is 3. The molecule has 0 saturated heterocycles. The molecule has 4 rings (SSSR count). The summed E-state index contributed by atoms with van der Waals surface area (Å²) in [5.41, 5.74) is 15.7. The molecule has 0 aromatic heterocycles. The van der Waals surface area contributed by atoms with Gasteiger partial charge in [0.2, 0.25) is 0 Å². The largest absolute Gasteiger partial charge is 0.397 e. The maximum atomic E-state index is 13.3. The number of fused-ring (bicyclic) bond motifs is 1. The number of aryl methyl sites for hydroxylation is 2. The van der Waals surface area contributed by atoms with Crippen LogP contribution in [0.2, 0.25) is 0 Å². The lowest BCUT2D eigenvalue weighted by atomic mass is 9.83. The topological polar surface area (TPSA) is 128 Å². The van der Waals surface area contributed by atoms with Gasteiger partial charge < -0.3 is 20.5 Å². The van der Waals surface area contributed by atoms with Crippen LogP contribution < -0.4 is 22.5 Å². The van der Waals surface area contributed by atoms with E-state index in [1.165, 1.54) is 5.56 Å². The lowest BCUT2D eigenvalue weighted by molar-refractivity contribution is -0.144. The molecule has 38 heavy (non-hydrogen) atoms. The summed E-state index contributed by atoms with van der Waals surface area (Å²) in [6, 6.07) is 15.9. The first-order valence-electron chi connectivity index (χ1n) is 12.9. The number of hydrazine groups is 1. The first-order chi connectivity index (χ1) is 18.1. The fraction of sp³-hybridized carbons (Fsp3) is 0.333. The molecule has 1 aliphatic heterocycles. The molecule has 0 aliphatic carbocycles. The summed E-state index contributed by atoms with van der Waals surface area (Å²) in [5.74, 6) is 10.5.